The van der Waals surface area contributed by atoms with Gasteiger partial charge in [0.05, 0.1) is 18.8 Å². The maximum atomic E-state index is 13.0. The normalized spacial score (nSPS) is 15.1. The Morgan fingerprint density at radius 2 is 2.05 bits per heavy atom. The number of nitrogens with zero attached hydrogens (tertiary/aromatic N) is 3. The van der Waals surface area contributed by atoms with Crippen molar-refractivity contribution in [3.63, 3.8) is 0 Å². The third-order valence-corrected chi connectivity index (χ3v) is 2.52. The second-order valence-electron chi connectivity index (χ2n) is 3.93. The first-order valence-corrected chi connectivity index (χ1v) is 5.57. The van der Waals surface area contributed by atoms with Gasteiger partial charge in [-0.05, 0) is 20.8 Å². The summed E-state index contributed by atoms with van der Waals surface area (Å²) in [5, 5.41) is 15.8. The van der Waals surface area contributed by atoms with Crippen LogP contribution >= 0.6 is 0 Å². The first kappa shape index (κ1) is 15.4. The van der Waals surface area contributed by atoms with Crippen LogP contribution in [0.1, 0.15) is 43.0 Å². The van der Waals surface area contributed by atoms with Crippen molar-refractivity contribution in [3.8, 4) is 0 Å². The maximum Gasteiger partial charge on any atom is 0.435 e. The van der Waals surface area contributed by atoms with Gasteiger partial charge >= 0.3 is 12.1 Å². The fourth-order valence-electron chi connectivity index (χ4n) is 1.38. The predicted octanol–water partition coefficient (Wildman–Crippen LogP) is 1.42. The van der Waals surface area contributed by atoms with Crippen molar-refractivity contribution >= 4 is 5.97 Å². The summed E-state index contributed by atoms with van der Waals surface area (Å²) in [7, 11) is 0. The molecule has 19 heavy (non-hydrogen) atoms. The Morgan fingerprint density at radius 3 is 2.47 bits per heavy atom. The number of rotatable bonds is 4. The minimum atomic E-state index is -4.82. The lowest BCUT2D eigenvalue weighted by atomic mass is 10.2. The van der Waals surface area contributed by atoms with Gasteiger partial charge in [-0.15, -0.1) is 5.10 Å². The average Bonchev–Trinajstić information content (AvgIpc) is 2.72. The van der Waals surface area contributed by atoms with Gasteiger partial charge < -0.3 is 9.84 Å². The monoisotopic (exact) mass is 281 g/mol. The number of aromatic nitrogens is 3. The van der Waals surface area contributed by atoms with Crippen LogP contribution in [0.3, 0.4) is 0 Å². The highest BCUT2D eigenvalue weighted by molar-refractivity contribution is 5.88. The third kappa shape index (κ3) is 3.22. The van der Waals surface area contributed by atoms with Gasteiger partial charge in [-0.2, -0.15) is 13.2 Å². The van der Waals surface area contributed by atoms with E-state index < -0.39 is 35.7 Å². The highest BCUT2D eigenvalue weighted by Gasteiger charge is 2.43. The number of carbonyl (C=O) groups excluding carboxylic acids is 1. The van der Waals surface area contributed by atoms with E-state index in [9.17, 15) is 23.1 Å². The fraction of sp³-hybridized carbons (Fsp3) is 0.700. The second kappa shape index (κ2) is 5.55. The van der Waals surface area contributed by atoms with E-state index in [2.05, 4.69) is 15.0 Å². The third-order valence-electron chi connectivity index (χ3n) is 2.52. The van der Waals surface area contributed by atoms with E-state index >= 15 is 0 Å². The average molecular weight is 281 g/mol. The molecule has 0 aliphatic heterocycles. The lowest BCUT2D eigenvalue weighted by Crippen LogP contribution is -2.26. The standard InChI is InChI=1S/C10H14F3N3O3/c1-4-19-9(18)7-8(10(11,12)13)16(15-14-7)5(2)6(3)17/h5-6,17H,4H2,1-3H3. The molecule has 0 amide bonds. The zero-order valence-electron chi connectivity index (χ0n) is 10.6. The van der Waals surface area contributed by atoms with E-state index in [1.165, 1.54) is 20.8 Å². The summed E-state index contributed by atoms with van der Waals surface area (Å²) in [6.45, 7) is 4.04. The molecule has 0 aromatic carbocycles. The molecule has 108 valence electrons. The first-order valence-electron chi connectivity index (χ1n) is 5.57. The van der Waals surface area contributed by atoms with Crippen molar-refractivity contribution in [1.82, 2.24) is 15.0 Å². The molecule has 1 N–H and O–H groups in total. The topological polar surface area (TPSA) is 77.2 Å². The summed E-state index contributed by atoms with van der Waals surface area (Å²) in [5.74, 6) is -1.20. The summed E-state index contributed by atoms with van der Waals surface area (Å²) >= 11 is 0. The summed E-state index contributed by atoms with van der Waals surface area (Å²) in [5.41, 5.74) is -2.22. The lowest BCUT2D eigenvalue weighted by molar-refractivity contribution is -0.146. The van der Waals surface area contributed by atoms with Crippen LogP contribution in [-0.4, -0.2) is 38.8 Å². The smallest absolute Gasteiger partial charge is 0.435 e. The fourth-order valence-corrected chi connectivity index (χ4v) is 1.38. The van der Waals surface area contributed by atoms with Crippen LogP contribution in [0.4, 0.5) is 13.2 Å². The molecule has 0 bridgehead atoms. The number of hydrogen-bond acceptors (Lipinski definition) is 5. The number of hydrogen-bond donors (Lipinski definition) is 1. The van der Waals surface area contributed by atoms with Crippen LogP contribution in [0.5, 0.6) is 0 Å². The lowest BCUT2D eigenvalue weighted by Gasteiger charge is -2.18. The van der Waals surface area contributed by atoms with Crippen LogP contribution in [0.15, 0.2) is 0 Å². The molecule has 0 fully saturated rings. The molecule has 1 heterocycles. The molecule has 0 aliphatic carbocycles. The van der Waals surface area contributed by atoms with Crippen molar-refractivity contribution in [3.05, 3.63) is 11.4 Å². The molecule has 2 unspecified atom stereocenters. The summed E-state index contributed by atoms with van der Waals surface area (Å²) in [6.07, 6.45) is -5.91. The molecular formula is C10H14F3N3O3. The minimum Gasteiger partial charge on any atom is -0.461 e. The van der Waals surface area contributed by atoms with Crippen molar-refractivity contribution in [2.45, 2.75) is 39.1 Å². The SMILES string of the molecule is CCOC(=O)c1nnn(C(C)C(C)O)c1C(F)(F)F. The summed E-state index contributed by atoms with van der Waals surface area (Å²) in [6, 6.07) is -0.979. The Hall–Kier alpha value is -1.64. The number of aliphatic hydroxyl groups excluding tert-OH is 1. The molecular weight excluding hydrogens is 267 g/mol. The Kier molecular flexibility index (Phi) is 4.51. The first-order chi connectivity index (χ1) is 8.70. The Morgan fingerprint density at radius 1 is 1.47 bits per heavy atom. The van der Waals surface area contributed by atoms with Gasteiger partial charge in [0.25, 0.3) is 0 Å². The molecule has 1 rings (SSSR count). The number of esters is 1. The largest absolute Gasteiger partial charge is 0.461 e. The second-order valence-corrected chi connectivity index (χ2v) is 3.93. The molecule has 1 aromatic heterocycles. The number of ether oxygens (including phenoxy) is 1. The van der Waals surface area contributed by atoms with E-state index in [1.54, 1.807) is 0 Å². The van der Waals surface area contributed by atoms with Crippen LogP contribution in [0, 0.1) is 0 Å². The molecule has 0 radical (unpaired) electrons. The van der Waals surface area contributed by atoms with Crippen LogP contribution in [0.25, 0.3) is 0 Å². The minimum absolute atomic E-state index is 0.0745. The molecule has 9 heteroatoms. The van der Waals surface area contributed by atoms with Crippen molar-refractivity contribution in [2.75, 3.05) is 6.61 Å². The number of halogens is 3. The van der Waals surface area contributed by atoms with Crippen LogP contribution in [-0.2, 0) is 10.9 Å². The van der Waals surface area contributed by atoms with Crippen molar-refractivity contribution < 1.29 is 27.8 Å². The van der Waals surface area contributed by atoms with Gasteiger partial charge in [0.1, 0.15) is 0 Å². The summed E-state index contributed by atoms with van der Waals surface area (Å²) < 4.78 is 43.9. The number of carbonyl (C=O) groups is 1. The molecule has 6 nitrogen and oxygen atoms in total. The molecule has 0 saturated heterocycles. The van der Waals surface area contributed by atoms with Gasteiger partial charge in [0, 0.05) is 0 Å². The van der Waals surface area contributed by atoms with Gasteiger partial charge in [0.2, 0.25) is 5.69 Å². The van der Waals surface area contributed by atoms with Crippen LogP contribution < -0.4 is 0 Å². The van der Waals surface area contributed by atoms with E-state index in [4.69, 9.17) is 0 Å². The van der Waals surface area contributed by atoms with E-state index in [-0.39, 0.29) is 6.61 Å². The molecule has 0 saturated carbocycles. The van der Waals surface area contributed by atoms with Crippen molar-refractivity contribution in [2.24, 2.45) is 0 Å². The van der Waals surface area contributed by atoms with Crippen molar-refractivity contribution in [1.29, 1.82) is 0 Å². The Labute approximate surface area is 107 Å². The summed E-state index contributed by atoms with van der Waals surface area (Å²) in [4.78, 5) is 11.4. The van der Waals surface area contributed by atoms with Crippen LogP contribution in [0.2, 0.25) is 0 Å². The Bertz CT molecular complexity index is 457. The maximum absolute atomic E-state index is 13.0. The van der Waals surface area contributed by atoms with Gasteiger partial charge in [-0.25, -0.2) is 9.48 Å². The molecule has 0 aliphatic rings. The molecule has 2 atom stereocenters. The van der Waals surface area contributed by atoms with Gasteiger partial charge in [0.15, 0.2) is 5.69 Å². The number of alkyl halides is 3. The molecule has 1 aromatic rings. The van der Waals surface area contributed by atoms with Gasteiger partial charge in [-0.3, -0.25) is 0 Å². The molecule has 0 spiro atoms. The zero-order valence-corrected chi connectivity index (χ0v) is 10.6. The zero-order chi connectivity index (χ0) is 14.8. The highest BCUT2D eigenvalue weighted by Crippen LogP contribution is 2.33. The highest BCUT2D eigenvalue weighted by atomic mass is 19.4. The van der Waals surface area contributed by atoms with E-state index in [1.807, 2.05) is 0 Å². The number of aliphatic hydroxyl groups is 1. The van der Waals surface area contributed by atoms with Gasteiger partial charge in [-0.1, -0.05) is 5.21 Å². The predicted molar refractivity (Wildman–Crippen MR) is 57.4 cm³/mol. The van der Waals surface area contributed by atoms with E-state index in [0.29, 0.717) is 4.68 Å². The quantitative estimate of drug-likeness (QED) is 0.844. The Balaban J connectivity index is 3.32. The van der Waals surface area contributed by atoms with E-state index in [0.717, 1.165) is 0 Å².